The summed E-state index contributed by atoms with van der Waals surface area (Å²) < 4.78 is 15.8. The number of rotatable bonds is 8. The fourth-order valence-electron chi connectivity index (χ4n) is 2.74. The van der Waals surface area contributed by atoms with E-state index >= 15 is 0 Å². The molecule has 0 bridgehead atoms. The molecule has 3 rings (SSSR count). The van der Waals surface area contributed by atoms with Gasteiger partial charge in [0.1, 0.15) is 10.8 Å². The average molecular weight is 415 g/mol. The Morgan fingerprint density at radius 1 is 1.21 bits per heavy atom. The minimum atomic E-state index is -0.436. The summed E-state index contributed by atoms with van der Waals surface area (Å²) >= 11 is 1.38. The first-order valence-electron chi connectivity index (χ1n) is 9.12. The quantitative estimate of drug-likeness (QED) is 0.557. The first-order chi connectivity index (χ1) is 14.0. The van der Waals surface area contributed by atoms with Crippen molar-refractivity contribution in [3.63, 3.8) is 0 Å². The fourth-order valence-corrected chi connectivity index (χ4v) is 3.89. The monoisotopic (exact) mass is 415 g/mol. The van der Waals surface area contributed by atoms with Crippen molar-refractivity contribution < 1.29 is 23.5 Å². The van der Waals surface area contributed by atoms with Crippen molar-refractivity contribution in [1.29, 1.82) is 0 Å². The Labute approximate surface area is 171 Å². The van der Waals surface area contributed by atoms with Crippen LogP contribution in [0.15, 0.2) is 35.1 Å². The van der Waals surface area contributed by atoms with E-state index in [-0.39, 0.29) is 19.1 Å². The van der Waals surface area contributed by atoms with Crippen LogP contribution in [-0.4, -0.2) is 35.3 Å². The molecule has 1 aromatic carbocycles. The molecule has 2 aromatic heterocycles. The van der Waals surface area contributed by atoms with Gasteiger partial charge in [-0.25, -0.2) is 4.79 Å². The van der Waals surface area contributed by atoms with Crippen LogP contribution < -0.4 is 10.1 Å². The predicted molar refractivity (Wildman–Crippen MR) is 108 cm³/mol. The van der Waals surface area contributed by atoms with Crippen molar-refractivity contribution in [3.8, 4) is 17.2 Å². The van der Waals surface area contributed by atoms with Crippen molar-refractivity contribution in [2.45, 2.75) is 27.2 Å². The van der Waals surface area contributed by atoms with Crippen molar-refractivity contribution in [3.05, 3.63) is 46.7 Å². The smallest absolute Gasteiger partial charge is 0.341 e. The predicted octanol–water partition coefficient (Wildman–Crippen LogP) is 3.86. The number of carbonyl (C=O) groups excluding carboxylic acids is 2. The minimum Gasteiger partial charge on any atom is -0.484 e. The van der Waals surface area contributed by atoms with Gasteiger partial charge >= 0.3 is 5.97 Å². The van der Waals surface area contributed by atoms with E-state index < -0.39 is 5.97 Å². The topological polar surface area (TPSA) is 104 Å². The summed E-state index contributed by atoms with van der Waals surface area (Å²) in [4.78, 5) is 25.7. The Balaban J connectivity index is 1.64. The van der Waals surface area contributed by atoms with Crippen LogP contribution in [0.1, 0.15) is 34.6 Å². The van der Waals surface area contributed by atoms with Crippen molar-refractivity contribution >= 4 is 28.2 Å². The number of hydrogen-bond donors (Lipinski definition) is 1. The number of ether oxygens (including phenoxy) is 2. The summed E-state index contributed by atoms with van der Waals surface area (Å²) in [6.45, 7) is 5.68. The van der Waals surface area contributed by atoms with E-state index in [1.807, 2.05) is 13.8 Å². The second-order valence-corrected chi connectivity index (χ2v) is 7.14. The number of thiophene rings is 1. The maximum Gasteiger partial charge on any atom is 0.341 e. The fraction of sp³-hybridized carbons (Fsp3) is 0.300. The lowest BCUT2D eigenvalue weighted by Crippen LogP contribution is -2.21. The van der Waals surface area contributed by atoms with Gasteiger partial charge in [0.25, 0.3) is 5.91 Å². The molecule has 0 atom stereocenters. The highest BCUT2D eigenvalue weighted by atomic mass is 32.1. The lowest BCUT2D eigenvalue weighted by Gasteiger charge is -2.09. The molecule has 0 saturated heterocycles. The number of carbonyl (C=O) groups is 2. The van der Waals surface area contributed by atoms with Gasteiger partial charge in [0.2, 0.25) is 12.3 Å². The van der Waals surface area contributed by atoms with Crippen LogP contribution in [0.3, 0.4) is 0 Å². The first-order valence-corrected chi connectivity index (χ1v) is 9.93. The highest BCUT2D eigenvalue weighted by molar-refractivity contribution is 7.17. The van der Waals surface area contributed by atoms with Crippen LogP contribution >= 0.6 is 11.3 Å². The van der Waals surface area contributed by atoms with Gasteiger partial charge in [-0.1, -0.05) is 6.92 Å². The molecule has 3 aromatic rings. The second-order valence-electron chi connectivity index (χ2n) is 6.03. The van der Waals surface area contributed by atoms with Crippen LogP contribution in [0, 0.1) is 6.92 Å². The number of anilines is 1. The molecule has 0 aliphatic carbocycles. The Bertz CT molecular complexity index is 980. The molecule has 1 amide bonds. The summed E-state index contributed by atoms with van der Waals surface area (Å²) in [5.74, 6) is 0.125. The molecule has 1 N–H and O–H groups in total. The SMILES string of the molecule is CCOC(=O)c1c(NC(=O)COc2ccc(-c3nnco3)cc2)sc(CC)c1C. The minimum absolute atomic E-state index is 0.194. The van der Waals surface area contributed by atoms with E-state index in [1.165, 1.54) is 17.7 Å². The number of hydrogen-bond acceptors (Lipinski definition) is 8. The van der Waals surface area contributed by atoms with Crippen LogP contribution in [0.4, 0.5) is 5.00 Å². The lowest BCUT2D eigenvalue weighted by atomic mass is 10.1. The number of aromatic nitrogens is 2. The summed E-state index contributed by atoms with van der Waals surface area (Å²) in [7, 11) is 0. The molecule has 0 aliphatic heterocycles. The van der Waals surface area contributed by atoms with Gasteiger partial charge in [-0.05, 0) is 50.1 Å². The summed E-state index contributed by atoms with van der Waals surface area (Å²) in [5, 5.41) is 10.7. The van der Waals surface area contributed by atoms with Crippen LogP contribution in [-0.2, 0) is 16.0 Å². The zero-order valence-corrected chi connectivity index (χ0v) is 17.2. The summed E-state index contributed by atoms with van der Waals surface area (Å²) in [6, 6.07) is 6.94. The van der Waals surface area contributed by atoms with Gasteiger partial charge in [-0.3, -0.25) is 4.79 Å². The third kappa shape index (κ3) is 4.80. The van der Waals surface area contributed by atoms with E-state index in [0.29, 0.717) is 22.2 Å². The summed E-state index contributed by atoms with van der Waals surface area (Å²) in [5.41, 5.74) is 1.99. The molecule has 0 fully saturated rings. The lowest BCUT2D eigenvalue weighted by molar-refractivity contribution is -0.118. The number of aryl methyl sites for hydroxylation is 1. The van der Waals surface area contributed by atoms with Gasteiger partial charge < -0.3 is 19.2 Å². The Hall–Kier alpha value is -3.20. The number of nitrogens with zero attached hydrogens (tertiary/aromatic N) is 2. The van der Waals surface area contributed by atoms with Gasteiger partial charge in [0, 0.05) is 10.4 Å². The molecule has 8 nitrogen and oxygen atoms in total. The van der Waals surface area contributed by atoms with E-state index in [4.69, 9.17) is 13.9 Å². The molecule has 0 spiro atoms. The third-order valence-electron chi connectivity index (χ3n) is 4.13. The largest absolute Gasteiger partial charge is 0.484 e. The van der Waals surface area contributed by atoms with Crippen LogP contribution in [0.2, 0.25) is 0 Å². The molecule has 0 saturated carbocycles. The normalized spacial score (nSPS) is 10.6. The first kappa shape index (κ1) is 20.5. The van der Waals surface area contributed by atoms with Crippen molar-refractivity contribution in [2.75, 3.05) is 18.5 Å². The third-order valence-corrected chi connectivity index (χ3v) is 5.48. The Kier molecular flexibility index (Phi) is 6.61. The summed E-state index contributed by atoms with van der Waals surface area (Å²) in [6.07, 6.45) is 2.02. The van der Waals surface area contributed by atoms with Crippen LogP contribution in [0.5, 0.6) is 5.75 Å². The second kappa shape index (κ2) is 9.33. The molecule has 2 heterocycles. The van der Waals surface area contributed by atoms with E-state index in [1.54, 1.807) is 31.2 Å². The highest BCUT2D eigenvalue weighted by Gasteiger charge is 2.23. The molecule has 29 heavy (non-hydrogen) atoms. The maximum atomic E-state index is 12.4. The van der Waals surface area contributed by atoms with Gasteiger partial charge in [-0.15, -0.1) is 21.5 Å². The van der Waals surface area contributed by atoms with E-state index in [9.17, 15) is 9.59 Å². The zero-order valence-electron chi connectivity index (χ0n) is 16.4. The highest BCUT2D eigenvalue weighted by Crippen LogP contribution is 2.34. The van der Waals surface area contributed by atoms with Gasteiger partial charge in [-0.2, -0.15) is 0 Å². The number of amides is 1. The van der Waals surface area contributed by atoms with Crippen molar-refractivity contribution in [2.24, 2.45) is 0 Å². The number of esters is 1. The molecule has 0 radical (unpaired) electrons. The van der Waals surface area contributed by atoms with Gasteiger partial charge in [0.15, 0.2) is 6.61 Å². The number of benzene rings is 1. The Morgan fingerprint density at radius 2 is 1.97 bits per heavy atom. The van der Waals surface area contributed by atoms with E-state index in [0.717, 1.165) is 22.4 Å². The standard InChI is InChI=1S/C20H21N3O5S/c1-4-15-12(3)17(20(25)26-5-2)19(29-15)22-16(24)10-27-14-8-6-13(7-9-14)18-23-21-11-28-18/h6-9,11H,4-5,10H2,1-3H3,(H,22,24). The molecule has 0 aliphatic rings. The average Bonchev–Trinajstić information content (AvgIpc) is 3.35. The van der Waals surface area contributed by atoms with Gasteiger partial charge in [0.05, 0.1) is 12.2 Å². The molecule has 0 unspecified atom stereocenters. The molecule has 152 valence electrons. The zero-order chi connectivity index (χ0) is 20.8. The molecule has 9 heteroatoms. The van der Waals surface area contributed by atoms with Crippen molar-refractivity contribution in [1.82, 2.24) is 10.2 Å². The number of nitrogens with one attached hydrogen (secondary N) is 1. The maximum absolute atomic E-state index is 12.4. The molecular formula is C20H21N3O5S. The Morgan fingerprint density at radius 3 is 2.59 bits per heavy atom. The van der Waals surface area contributed by atoms with E-state index in [2.05, 4.69) is 15.5 Å². The molecular weight excluding hydrogens is 394 g/mol. The van der Waals surface area contributed by atoms with Crippen LogP contribution in [0.25, 0.3) is 11.5 Å².